The topological polar surface area (TPSA) is 69.5 Å². The lowest BCUT2D eigenvalue weighted by Gasteiger charge is -2.15. The summed E-state index contributed by atoms with van der Waals surface area (Å²) >= 11 is 0. The quantitative estimate of drug-likeness (QED) is 0.741. The lowest BCUT2D eigenvalue weighted by molar-refractivity contribution is 0.264. The van der Waals surface area contributed by atoms with Crippen molar-refractivity contribution in [1.29, 1.82) is 0 Å². The van der Waals surface area contributed by atoms with Crippen LogP contribution in [0.15, 0.2) is 27.4 Å². The monoisotopic (exact) mass is 264 g/mol. The molecule has 5 heteroatoms. The first-order valence-corrected chi connectivity index (χ1v) is 6.60. The zero-order valence-corrected chi connectivity index (χ0v) is 11.2. The van der Waals surface area contributed by atoms with Crippen molar-refractivity contribution in [3.63, 3.8) is 0 Å². The summed E-state index contributed by atoms with van der Waals surface area (Å²) in [5.74, 6) is -0.409. The number of aromatic nitrogens is 1. The van der Waals surface area contributed by atoms with Gasteiger partial charge in [0, 0.05) is 13.2 Å². The van der Waals surface area contributed by atoms with Gasteiger partial charge in [-0.15, -0.1) is 0 Å². The molecule has 0 unspecified atom stereocenters. The number of benzene rings is 1. The van der Waals surface area contributed by atoms with Gasteiger partial charge in [-0.1, -0.05) is 6.07 Å². The molecule has 104 valence electrons. The molecular weight excluding hydrogens is 244 g/mol. The number of unbranched alkanes of at least 4 members (excludes halogenated alkanes) is 1. The summed E-state index contributed by atoms with van der Waals surface area (Å²) < 4.78 is 5.04. The third-order valence-corrected chi connectivity index (χ3v) is 3.22. The summed E-state index contributed by atoms with van der Waals surface area (Å²) in [5.41, 5.74) is 2.51. The van der Waals surface area contributed by atoms with Crippen LogP contribution in [0.3, 0.4) is 0 Å². The average molecular weight is 264 g/mol. The van der Waals surface area contributed by atoms with Crippen molar-refractivity contribution in [2.24, 2.45) is 0 Å². The number of aliphatic hydroxyl groups is 1. The number of hydrogen-bond acceptors (Lipinski definition) is 4. The Morgan fingerprint density at radius 1 is 1.32 bits per heavy atom. The molecule has 0 amide bonds. The highest BCUT2D eigenvalue weighted by molar-refractivity contribution is 5.72. The van der Waals surface area contributed by atoms with Crippen LogP contribution in [0, 0.1) is 0 Å². The highest BCUT2D eigenvalue weighted by Crippen LogP contribution is 2.13. The van der Waals surface area contributed by atoms with E-state index in [9.17, 15) is 4.79 Å². The van der Waals surface area contributed by atoms with Gasteiger partial charge in [0.1, 0.15) is 0 Å². The van der Waals surface area contributed by atoms with Crippen molar-refractivity contribution in [2.45, 2.75) is 19.3 Å². The summed E-state index contributed by atoms with van der Waals surface area (Å²) in [7, 11) is 2.08. The van der Waals surface area contributed by atoms with Crippen molar-refractivity contribution >= 4 is 11.1 Å². The van der Waals surface area contributed by atoms with Crippen LogP contribution >= 0.6 is 0 Å². The number of rotatable bonds is 7. The second-order valence-corrected chi connectivity index (χ2v) is 4.83. The molecule has 0 fully saturated rings. The van der Waals surface area contributed by atoms with E-state index in [0.717, 1.165) is 43.4 Å². The first kappa shape index (κ1) is 13.8. The average Bonchev–Trinajstić information content (AvgIpc) is 2.76. The zero-order chi connectivity index (χ0) is 13.7. The van der Waals surface area contributed by atoms with Crippen molar-refractivity contribution in [2.75, 3.05) is 26.7 Å². The first-order chi connectivity index (χ1) is 9.19. The van der Waals surface area contributed by atoms with Crippen LogP contribution in [0.25, 0.3) is 11.1 Å². The standard InChI is InChI=1S/C14H20N2O3/c1-16(7-2-3-9-17)8-6-11-4-5-12-13(10-11)19-14(18)15-12/h4-5,10,17H,2-3,6-9H2,1H3,(H,15,18). The van der Waals surface area contributed by atoms with Crippen LogP contribution in [0.4, 0.5) is 0 Å². The molecule has 2 rings (SSSR count). The third kappa shape index (κ3) is 3.94. The van der Waals surface area contributed by atoms with Gasteiger partial charge in [-0.25, -0.2) is 4.79 Å². The Hall–Kier alpha value is -1.59. The number of aromatic amines is 1. The van der Waals surface area contributed by atoms with E-state index in [1.54, 1.807) is 0 Å². The summed E-state index contributed by atoms with van der Waals surface area (Å²) in [6.45, 7) is 2.20. The van der Waals surface area contributed by atoms with Crippen molar-refractivity contribution in [3.05, 3.63) is 34.3 Å². The SMILES string of the molecule is CN(CCCCO)CCc1ccc2[nH]c(=O)oc2c1. The molecule has 0 aliphatic rings. The summed E-state index contributed by atoms with van der Waals surface area (Å²) in [4.78, 5) is 15.9. The smallest absolute Gasteiger partial charge is 0.408 e. The molecule has 0 aliphatic heterocycles. The molecule has 1 aromatic carbocycles. The van der Waals surface area contributed by atoms with Gasteiger partial charge in [0.25, 0.3) is 0 Å². The summed E-state index contributed by atoms with van der Waals surface area (Å²) in [6, 6.07) is 5.80. The Morgan fingerprint density at radius 2 is 2.16 bits per heavy atom. The van der Waals surface area contributed by atoms with Crippen molar-refractivity contribution in [3.8, 4) is 0 Å². The van der Waals surface area contributed by atoms with Crippen LogP contribution in [-0.2, 0) is 6.42 Å². The van der Waals surface area contributed by atoms with E-state index >= 15 is 0 Å². The van der Waals surface area contributed by atoms with E-state index in [1.807, 2.05) is 18.2 Å². The van der Waals surface area contributed by atoms with E-state index in [0.29, 0.717) is 5.58 Å². The highest BCUT2D eigenvalue weighted by atomic mass is 16.4. The minimum atomic E-state index is -0.409. The van der Waals surface area contributed by atoms with Gasteiger partial charge < -0.3 is 14.4 Å². The maximum absolute atomic E-state index is 11.1. The third-order valence-electron chi connectivity index (χ3n) is 3.22. The maximum atomic E-state index is 11.1. The van der Waals surface area contributed by atoms with Crippen LogP contribution in [0.2, 0.25) is 0 Å². The van der Waals surface area contributed by atoms with Crippen LogP contribution in [0.1, 0.15) is 18.4 Å². The number of hydrogen-bond donors (Lipinski definition) is 2. The number of nitrogens with one attached hydrogen (secondary N) is 1. The fourth-order valence-electron chi connectivity index (χ4n) is 2.07. The van der Waals surface area contributed by atoms with Gasteiger partial charge in [-0.05, 0) is 50.6 Å². The summed E-state index contributed by atoms with van der Waals surface area (Å²) in [5, 5.41) is 8.73. The Balaban J connectivity index is 1.88. The van der Waals surface area contributed by atoms with Crippen molar-refractivity contribution < 1.29 is 9.52 Å². The van der Waals surface area contributed by atoms with E-state index in [4.69, 9.17) is 9.52 Å². The second kappa shape index (κ2) is 6.54. The number of fused-ring (bicyclic) bond motifs is 1. The predicted octanol–water partition coefficient (Wildman–Crippen LogP) is 1.37. The highest BCUT2D eigenvalue weighted by Gasteiger charge is 2.04. The molecule has 1 aromatic heterocycles. The van der Waals surface area contributed by atoms with E-state index in [2.05, 4.69) is 16.9 Å². The Morgan fingerprint density at radius 3 is 2.95 bits per heavy atom. The number of aliphatic hydroxyl groups excluding tert-OH is 1. The normalized spacial score (nSPS) is 11.5. The number of oxazole rings is 1. The van der Waals surface area contributed by atoms with Gasteiger partial charge >= 0.3 is 5.76 Å². The Kier molecular flexibility index (Phi) is 4.76. The molecule has 1 heterocycles. The molecule has 5 nitrogen and oxygen atoms in total. The van der Waals surface area contributed by atoms with E-state index in [1.165, 1.54) is 0 Å². The Bertz CT molecular complexity index is 573. The molecule has 0 spiro atoms. The minimum absolute atomic E-state index is 0.261. The molecule has 0 saturated heterocycles. The first-order valence-electron chi connectivity index (χ1n) is 6.60. The van der Waals surface area contributed by atoms with Gasteiger partial charge in [0.15, 0.2) is 5.58 Å². The second-order valence-electron chi connectivity index (χ2n) is 4.83. The number of likely N-dealkylation sites (N-methyl/N-ethyl adjacent to an activating group) is 1. The van der Waals surface area contributed by atoms with Gasteiger partial charge in [0.2, 0.25) is 0 Å². The maximum Gasteiger partial charge on any atom is 0.417 e. The molecule has 2 aromatic rings. The van der Waals surface area contributed by atoms with Gasteiger partial charge in [-0.3, -0.25) is 4.98 Å². The molecule has 0 saturated carbocycles. The van der Waals surface area contributed by atoms with Gasteiger partial charge in [0.05, 0.1) is 5.52 Å². The lowest BCUT2D eigenvalue weighted by Crippen LogP contribution is -2.22. The molecular formula is C14H20N2O3. The molecule has 0 aliphatic carbocycles. The van der Waals surface area contributed by atoms with Crippen LogP contribution in [0.5, 0.6) is 0 Å². The fourth-order valence-corrected chi connectivity index (χ4v) is 2.07. The molecule has 0 radical (unpaired) electrons. The summed E-state index contributed by atoms with van der Waals surface area (Å²) in [6.07, 6.45) is 2.78. The molecule has 2 N–H and O–H groups in total. The van der Waals surface area contributed by atoms with E-state index in [-0.39, 0.29) is 6.61 Å². The van der Waals surface area contributed by atoms with Gasteiger partial charge in [-0.2, -0.15) is 0 Å². The van der Waals surface area contributed by atoms with E-state index < -0.39 is 5.76 Å². The van der Waals surface area contributed by atoms with Crippen LogP contribution < -0.4 is 5.76 Å². The fraction of sp³-hybridized carbons (Fsp3) is 0.500. The van der Waals surface area contributed by atoms with Crippen molar-refractivity contribution in [1.82, 2.24) is 9.88 Å². The number of nitrogens with zero attached hydrogens (tertiary/aromatic N) is 1. The van der Waals surface area contributed by atoms with Crippen LogP contribution in [-0.4, -0.2) is 41.7 Å². The number of H-pyrrole nitrogens is 1. The minimum Gasteiger partial charge on any atom is -0.408 e. The Labute approximate surface area is 111 Å². The molecule has 19 heavy (non-hydrogen) atoms. The predicted molar refractivity (Wildman–Crippen MR) is 74.4 cm³/mol. The largest absolute Gasteiger partial charge is 0.417 e. The molecule has 0 bridgehead atoms. The molecule has 0 atom stereocenters. The lowest BCUT2D eigenvalue weighted by atomic mass is 10.1. The zero-order valence-electron chi connectivity index (χ0n) is 11.2.